The zero-order chi connectivity index (χ0) is 14.2. The van der Waals surface area contributed by atoms with E-state index in [2.05, 4.69) is 0 Å². The summed E-state index contributed by atoms with van der Waals surface area (Å²) >= 11 is 1.50. The Morgan fingerprint density at radius 2 is 1.89 bits per heavy atom. The average Bonchev–Trinajstić information content (AvgIpc) is 2.36. The molecule has 1 saturated heterocycles. The summed E-state index contributed by atoms with van der Waals surface area (Å²) in [5.74, 6) is -5.02. The second kappa shape index (κ2) is 5.24. The number of carboxylic acid groups (broad SMARTS) is 1. The van der Waals surface area contributed by atoms with Crippen molar-refractivity contribution in [3.05, 3.63) is 35.6 Å². The summed E-state index contributed by atoms with van der Waals surface area (Å²) in [5.41, 5.74) is 0.472. The molecule has 0 bridgehead atoms. The van der Waals surface area contributed by atoms with Crippen molar-refractivity contribution < 1.29 is 23.9 Å². The van der Waals surface area contributed by atoms with Gasteiger partial charge in [-0.05, 0) is 17.7 Å². The van der Waals surface area contributed by atoms with Crippen molar-refractivity contribution in [3.63, 3.8) is 0 Å². The zero-order valence-electron chi connectivity index (χ0n) is 9.55. The number of piperidine rings is 1. The first kappa shape index (κ1) is 13.9. The molecule has 2 unspecified atom stereocenters. The first-order valence-electron chi connectivity index (χ1n) is 5.42. The van der Waals surface area contributed by atoms with Crippen LogP contribution in [0.2, 0.25) is 0 Å². The molecule has 100 valence electrons. The van der Waals surface area contributed by atoms with Gasteiger partial charge in [0.2, 0.25) is 5.91 Å². The van der Waals surface area contributed by atoms with Crippen LogP contribution in [0.4, 0.5) is 4.39 Å². The average molecular weight is 377 g/mol. The molecule has 0 saturated carbocycles. The lowest BCUT2D eigenvalue weighted by molar-refractivity contribution is -0.154. The third-order valence-corrected chi connectivity index (χ3v) is 4.05. The molecule has 1 aliphatic rings. The number of rotatable bonds is 2. The summed E-state index contributed by atoms with van der Waals surface area (Å²) in [6.45, 7) is 0. The quantitative estimate of drug-likeness (QED) is 0.369. The van der Waals surface area contributed by atoms with E-state index >= 15 is 0 Å². The van der Waals surface area contributed by atoms with Gasteiger partial charge in [0.15, 0.2) is 0 Å². The fraction of sp³-hybridized carbons (Fsp3) is 0.250. The predicted octanol–water partition coefficient (Wildman–Crippen LogP) is 1.72. The number of amides is 2. The Morgan fingerprint density at radius 1 is 1.32 bits per heavy atom. The molecule has 0 spiro atoms. The van der Waals surface area contributed by atoms with E-state index < -0.39 is 35.4 Å². The van der Waals surface area contributed by atoms with Crippen LogP contribution in [0.15, 0.2) is 24.3 Å². The highest BCUT2D eigenvalue weighted by molar-refractivity contribution is 14.1. The predicted molar refractivity (Wildman–Crippen MR) is 70.8 cm³/mol. The molecule has 0 aliphatic carbocycles. The maximum Gasteiger partial charge on any atom is 0.316 e. The fourth-order valence-corrected chi connectivity index (χ4v) is 2.60. The number of halogens is 2. The molecule has 1 aliphatic heterocycles. The van der Waals surface area contributed by atoms with Crippen LogP contribution >= 0.6 is 22.9 Å². The molecule has 1 aromatic rings. The fourth-order valence-electron chi connectivity index (χ4n) is 2.10. The number of benzene rings is 1. The molecule has 2 amide bonds. The Balaban J connectivity index is 2.41. The maximum atomic E-state index is 12.9. The third kappa shape index (κ3) is 2.60. The lowest BCUT2D eigenvalue weighted by atomic mass is 9.80. The number of carbonyl (C=O) groups excluding carboxylic acids is 2. The molecule has 1 N–H and O–H groups in total. The van der Waals surface area contributed by atoms with Gasteiger partial charge >= 0.3 is 5.97 Å². The van der Waals surface area contributed by atoms with Crippen LogP contribution in [0.1, 0.15) is 17.9 Å². The van der Waals surface area contributed by atoms with Gasteiger partial charge in [-0.15, -0.1) is 0 Å². The molecule has 2 atom stereocenters. The minimum Gasteiger partial charge on any atom is -0.481 e. The van der Waals surface area contributed by atoms with Gasteiger partial charge in [-0.1, -0.05) is 12.1 Å². The van der Waals surface area contributed by atoms with Gasteiger partial charge in [0.1, 0.15) is 11.7 Å². The van der Waals surface area contributed by atoms with Crippen molar-refractivity contribution in [1.29, 1.82) is 0 Å². The summed E-state index contributed by atoms with van der Waals surface area (Å²) in [6, 6.07) is 5.16. The Morgan fingerprint density at radius 3 is 2.42 bits per heavy atom. The highest BCUT2D eigenvalue weighted by atomic mass is 127. The van der Waals surface area contributed by atoms with Crippen molar-refractivity contribution in [2.45, 2.75) is 12.3 Å². The van der Waals surface area contributed by atoms with E-state index in [1.807, 2.05) is 0 Å². The van der Waals surface area contributed by atoms with Crippen molar-refractivity contribution >= 4 is 40.6 Å². The number of hydrogen-bond acceptors (Lipinski definition) is 3. The third-order valence-electron chi connectivity index (χ3n) is 3.04. The van der Waals surface area contributed by atoms with E-state index in [1.54, 1.807) is 0 Å². The summed E-state index contributed by atoms with van der Waals surface area (Å²) in [5, 5.41) is 9.16. The van der Waals surface area contributed by atoms with Gasteiger partial charge in [0.25, 0.3) is 5.91 Å². The van der Waals surface area contributed by atoms with E-state index in [0.717, 1.165) is 3.11 Å². The lowest BCUT2D eigenvalue weighted by Crippen LogP contribution is -2.46. The smallest absolute Gasteiger partial charge is 0.316 e. The number of carbonyl (C=O) groups is 3. The normalized spacial score (nSPS) is 23.6. The molecule has 1 heterocycles. The Hall–Kier alpha value is -1.51. The number of carboxylic acids is 1. The van der Waals surface area contributed by atoms with Gasteiger partial charge in [-0.2, -0.15) is 0 Å². The molecule has 7 heteroatoms. The van der Waals surface area contributed by atoms with Crippen molar-refractivity contribution in [2.24, 2.45) is 5.92 Å². The molecule has 2 rings (SSSR count). The molecule has 0 radical (unpaired) electrons. The van der Waals surface area contributed by atoms with Crippen molar-refractivity contribution in [2.75, 3.05) is 0 Å². The van der Waals surface area contributed by atoms with Crippen LogP contribution in [0.5, 0.6) is 0 Å². The minimum atomic E-state index is -1.32. The van der Waals surface area contributed by atoms with Crippen LogP contribution in [0, 0.1) is 11.7 Å². The molecule has 1 aromatic carbocycles. The highest BCUT2D eigenvalue weighted by Gasteiger charge is 2.45. The number of nitrogens with zero attached hydrogens (tertiary/aromatic N) is 1. The van der Waals surface area contributed by atoms with E-state index in [1.165, 1.54) is 47.1 Å². The van der Waals surface area contributed by atoms with Crippen LogP contribution in [-0.4, -0.2) is 26.0 Å². The largest absolute Gasteiger partial charge is 0.481 e. The molecule has 0 aromatic heterocycles. The van der Waals surface area contributed by atoms with Gasteiger partial charge < -0.3 is 5.11 Å². The van der Waals surface area contributed by atoms with Gasteiger partial charge in [0.05, 0.1) is 22.9 Å². The molecule has 1 fully saturated rings. The summed E-state index contributed by atoms with van der Waals surface area (Å²) < 4.78 is 13.7. The second-order valence-electron chi connectivity index (χ2n) is 4.19. The first-order chi connectivity index (χ1) is 8.91. The van der Waals surface area contributed by atoms with Crippen molar-refractivity contribution in [3.8, 4) is 0 Å². The standard InChI is InChI=1S/C12H9FINO4/c13-7-3-1-6(2-4-7)8-5-9(16)15(14)11(17)10(8)12(18)19/h1-4,8,10H,5H2,(H,18,19). The minimum absolute atomic E-state index is 0.0860. The van der Waals surface area contributed by atoms with Gasteiger partial charge in [0, 0.05) is 12.3 Å². The SMILES string of the molecule is O=C(O)C1C(=O)N(I)C(=O)CC1c1ccc(F)cc1. The van der Waals surface area contributed by atoms with E-state index in [9.17, 15) is 18.8 Å². The summed E-state index contributed by atoms with van der Waals surface area (Å²) in [7, 11) is 0. The number of imide groups is 1. The van der Waals surface area contributed by atoms with E-state index in [4.69, 9.17) is 5.11 Å². The van der Waals surface area contributed by atoms with Crippen LogP contribution in [0.25, 0.3) is 0 Å². The summed E-state index contributed by atoms with van der Waals surface area (Å²) in [6.07, 6.45) is -0.0860. The number of hydrogen-bond donors (Lipinski definition) is 1. The maximum absolute atomic E-state index is 12.9. The van der Waals surface area contributed by atoms with Crippen LogP contribution < -0.4 is 0 Å². The second-order valence-corrected chi connectivity index (χ2v) is 5.16. The first-order valence-corrected chi connectivity index (χ1v) is 6.39. The molecule has 5 nitrogen and oxygen atoms in total. The molecule has 19 heavy (non-hydrogen) atoms. The Kier molecular flexibility index (Phi) is 3.83. The molecular weight excluding hydrogens is 368 g/mol. The van der Waals surface area contributed by atoms with E-state index in [0.29, 0.717) is 5.56 Å². The number of aliphatic carboxylic acids is 1. The van der Waals surface area contributed by atoms with Crippen LogP contribution in [0.3, 0.4) is 0 Å². The highest BCUT2D eigenvalue weighted by Crippen LogP contribution is 2.36. The van der Waals surface area contributed by atoms with Crippen LogP contribution in [-0.2, 0) is 14.4 Å². The monoisotopic (exact) mass is 377 g/mol. The summed E-state index contributed by atoms with van der Waals surface area (Å²) in [4.78, 5) is 34.8. The zero-order valence-corrected chi connectivity index (χ0v) is 11.7. The lowest BCUT2D eigenvalue weighted by Gasteiger charge is -2.31. The Bertz CT molecular complexity index is 545. The Labute approximate surface area is 121 Å². The van der Waals surface area contributed by atoms with Crippen molar-refractivity contribution in [1.82, 2.24) is 3.11 Å². The van der Waals surface area contributed by atoms with Gasteiger partial charge in [-0.3, -0.25) is 14.4 Å². The van der Waals surface area contributed by atoms with Gasteiger partial charge in [-0.25, -0.2) is 7.50 Å². The van der Waals surface area contributed by atoms with E-state index in [-0.39, 0.29) is 6.42 Å². The molecular formula is C12H9FINO4. The topological polar surface area (TPSA) is 74.7 Å².